The Labute approximate surface area is 193 Å². The molecule has 7 heteroatoms. The Morgan fingerprint density at radius 2 is 1.94 bits per heavy atom. The Morgan fingerprint density at radius 3 is 2.67 bits per heavy atom. The second-order valence-electron chi connectivity index (χ2n) is 9.42. The molecule has 5 nitrogen and oxygen atoms in total. The van der Waals surface area contributed by atoms with Crippen LogP contribution in [0.1, 0.15) is 36.5 Å². The molecule has 1 aliphatic heterocycles. The summed E-state index contributed by atoms with van der Waals surface area (Å²) in [6.45, 7) is 3.49. The van der Waals surface area contributed by atoms with Crippen LogP contribution in [-0.4, -0.2) is 59.5 Å². The van der Waals surface area contributed by atoms with Crippen LogP contribution in [-0.2, 0) is 0 Å². The number of likely N-dealkylation sites (tertiary alicyclic amines) is 1. The molecule has 1 saturated heterocycles. The molecular weight excluding hydrogens is 422 g/mol. The van der Waals surface area contributed by atoms with Crippen LogP contribution in [0.25, 0.3) is 22.2 Å². The van der Waals surface area contributed by atoms with E-state index in [1.165, 1.54) is 6.07 Å². The summed E-state index contributed by atoms with van der Waals surface area (Å²) >= 11 is 0. The lowest BCUT2D eigenvalue weighted by atomic mass is 9.87. The molecule has 1 fully saturated rings. The Morgan fingerprint density at radius 1 is 1.18 bits per heavy atom. The van der Waals surface area contributed by atoms with E-state index in [0.29, 0.717) is 28.9 Å². The van der Waals surface area contributed by atoms with Gasteiger partial charge in [-0.2, -0.15) is 0 Å². The Balaban J connectivity index is 1.75. The van der Waals surface area contributed by atoms with Crippen molar-refractivity contribution in [3.05, 3.63) is 65.7 Å². The first-order valence-corrected chi connectivity index (χ1v) is 11.3. The molecule has 0 saturated carbocycles. The third kappa shape index (κ3) is 4.75. The standard InChI is InChI=1S/C26H30F2N4O/c1-26(29,12-14-31(2)3)24-9-6-13-32(24)25(33)19-16-23(17-10-11-20(27)21(28)15-17)30-22-8-5-4-7-18(19)22/h4-5,7-8,10-11,15-16,24H,6,9,12-14,29H2,1-3H3/t24-,26?/m0/s1. The number of hydrogen-bond donors (Lipinski definition) is 1. The summed E-state index contributed by atoms with van der Waals surface area (Å²) in [5, 5.41) is 0.728. The largest absolute Gasteiger partial charge is 0.334 e. The number of aromatic nitrogens is 1. The van der Waals surface area contributed by atoms with Gasteiger partial charge in [-0.25, -0.2) is 13.8 Å². The van der Waals surface area contributed by atoms with E-state index >= 15 is 0 Å². The van der Waals surface area contributed by atoms with Gasteiger partial charge in [0.05, 0.1) is 16.8 Å². The van der Waals surface area contributed by atoms with Crippen LogP contribution < -0.4 is 5.73 Å². The molecule has 2 aromatic carbocycles. The molecule has 1 aliphatic rings. The van der Waals surface area contributed by atoms with Crippen LogP contribution in [0.2, 0.25) is 0 Å². The second kappa shape index (κ2) is 9.15. The van der Waals surface area contributed by atoms with Gasteiger partial charge in [0.15, 0.2) is 11.6 Å². The first-order valence-electron chi connectivity index (χ1n) is 11.3. The third-order valence-corrected chi connectivity index (χ3v) is 6.53. The van der Waals surface area contributed by atoms with Gasteiger partial charge in [0.25, 0.3) is 5.91 Å². The van der Waals surface area contributed by atoms with Crippen LogP contribution in [0.15, 0.2) is 48.5 Å². The Bertz CT molecular complexity index is 1180. The van der Waals surface area contributed by atoms with E-state index in [-0.39, 0.29) is 11.9 Å². The van der Waals surface area contributed by atoms with E-state index in [9.17, 15) is 13.6 Å². The highest BCUT2D eigenvalue weighted by Crippen LogP contribution is 2.32. The smallest absolute Gasteiger partial charge is 0.254 e. The molecule has 2 N–H and O–H groups in total. The molecule has 1 unspecified atom stereocenters. The molecule has 0 aliphatic carbocycles. The number of fused-ring (bicyclic) bond motifs is 1. The van der Waals surface area contributed by atoms with Gasteiger partial charge in [-0.1, -0.05) is 18.2 Å². The van der Waals surface area contributed by atoms with Crippen LogP contribution in [0.5, 0.6) is 0 Å². The van der Waals surface area contributed by atoms with E-state index in [1.54, 1.807) is 6.07 Å². The minimum atomic E-state index is -0.949. The van der Waals surface area contributed by atoms with E-state index in [0.717, 1.165) is 43.3 Å². The van der Waals surface area contributed by atoms with Crippen molar-refractivity contribution in [3.63, 3.8) is 0 Å². The number of rotatable bonds is 6. The Kier molecular flexibility index (Phi) is 6.45. The first kappa shape index (κ1) is 23.3. The predicted molar refractivity (Wildman–Crippen MR) is 127 cm³/mol. The molecule has 2 atom stereocenters. The summed E-state index contributed by atoms with van der Waals surface area (Å²) in [5.74, 6) is -1.98. The number of carbonyl (C=O) groups is 1. The van der Waals surface area contributed by atoms with Crippen molar-refractivity contribution in [2.45, 2.75) is 37.8 Å². The maximum absolute atomic E-state index is 13.9. The highest BCUT2D eigenvalue weighted by molar-refractivity contribution is 6.07. The summed E-state index contributed by atoms with van der Waals surface area (Å²) in [6.07, 6.45) is 2.51. The van der Waals surface area contributed by atoms with Crippen LogP contribution in [0.3, 0.4) is 0 Å². The second-order valence-corrected chi connectivity index (χ2v) is 9.42. The Hall–Kier alpha value is -2.90. The summed E-state index contributed by atoms with van der Waals surface area (Å²) < 4.78 is 27.4. The van der Waals surface area contributed by atoms with Gasteiger partial charge in [0.2, 0.25) is 0 Å². The molecule has 2 heterocycles. The number of hydrogen-bond acceptors (Lipinski definition) is 4. The van der Waals surface area contributed by atoms with Crippen LogP contribution in [0, 0.1) is 11.6 Å². The topological polar surface area (TPSA) is 62.5 Å². The molecule has 3 aromatic rings. The van der Waals surface area contributed by atoms with E-state index in [2.05, 4.69) is 9.88 Å². The molecule has 0 spiro atoms. The van der Waals surface area contributed by atoms with Gasteiger partial charge >= 0.3 is 0 Å². The van der Waals surface area contributed by atoms with E-state index in [1.807, 2.05) is 50.2 Å². The van der Waals surface area contributed by atoms with Gasteiger partial charge in [-0.05, 0) is 77.2 Å². The summed E-state index contributed by atoms with van der Waals surface area (Å²) in [6, 6.07) is 12.6. The quantitative estimate of drug-likeness (QED) is 0.600. The van der Waals surface area contributed by atoms with Crippen molar-refractivity contribution >= 4 is 16.8 Å². The van der Waals surface area contributed by atoms with Gasteiger partial charge in [0.1, 0.15) is 0 Å². The number of carbonyl (C=O) groups excluding carboxylic acids is 1. The zero-order chi connectivity index (χ0) is 23.8. The summed E-state index contributed by atoms with van der Waals surface area (Å²) in [4.78, 5) is 22.4. The number of halogens is 2. The summed E-state index contributed by atoms with van der Waals surface area (Å²) in [7, 11) is 4.02. The number of nitrogens with zero attached hydrogens (tertiary/aromatic N) is 3. The van der Waals surface area contributed by atoms with Crippen molar-refractivity contribution < 1.29 is 13.6 Å². The number of amides is 1. The molecule has 4 rings (SSSR count). The predicted octanol–water partition coefficient (Wildman–Crippen LogP) is 4.45. The molecule has 0 bridgehead atoms. The fourth-order valence-electron chi connectivity index (χ4n) is 4.64. The van der Waals surface area contributed by atoms with E-state index < -0.39 is 17.2 Å². The minimum Gasteiger partial charge on any atom is -0.334 e. The van der Waals surface area contributed by atoms with Gasteiger partial charge < -0.3 is 15.5 Å². The molecule has 33 heavy (non-hydrogen) atoms. The molecule has 1 amide bonds. The number of pyridine rings is 1. The fourth-order valence-corrected chi connectivity index (χ4v) is 4.64. The SMILES string of the molecule is CN(C)CCC(C)(N)[C@@H]1CCCN1C(=O)c1cc(-c2ccc(F)c(F)c2)nc2ccccc12. The molecular formula is C26H30F2N4O. The number of para-hydroxylation sites is 1. The van der Waals surface area contributed by atoms with Crippen LogP contribution in [0.4, 0.5) is 8.78 Å². The van der Waals surface area contributed by atoms with Crippen molar-refractivity contribution in [2.24, 2.45) is 5.73 Å². The lowest BCUT2D eigenvalue weighted by Gasteiger charge is -2.38. The molecule has 174 valence electrons. The summed E-state index contributed by atoms with van der Waals surface area (Å²) in [5.41, 5.74) is 8.17. The zero-order valence-corrected chi connectivity index (χ0v) is 19.3. The average Bonchev–Trinajstić information content (AvgIpc) is 3.29. The van der Waals surface area contributed by atoms with Crippen molar-refractivity contribution in [3.8, 4) is 11.3 Å². The van der Waals surface area contributed by atoms with Gasteiger partial charge in [-0.15, -0.1) is 0 Å². The molecule has 0 radical (unpaired) electrons. The van der Waals surface area contributed by atoms with Crippen molar-refractivity contribution in [1.82, 2.24) is 14.8 Å². The van der Waals surface area contributed by atoms with Crippen molar-refractivity contribution in [2.75, 3.05) is 27.2 Å². The average molecular weight is 453 g/mol. The monoisotopic (exact) mass is 452 g/mol. The fraction of sp³-hybridized carbons (Fsp3) is 0.385. The lowest BCUT2D eigenvalue weighted by molar-refractivity contribution is 0.0661. The maximum Gasteiger partial charge on any atom is 0.254 e. The third-order valence-electron chi connectivity index (χ3n) is 6.53. The normalized spacial score (nSPS) is 18.2. The van der Waals surface area contributed by atoms with Gasteiger partial charge in [0, 0.05) is 29.1 Å². The zero-order valence-electron chi connectivity index (χ0n) is 19.3. The van der Waals surface area contributed by atoms with Gasteiger partial charge in [-0.3, -0.25) is 4.79 Å². The number of nitrogens with two attached hydrogens (primary N) is 1. The lowest BCUT2D eigenvalue weighted by Crippen LogP contribution is -2.56. The highest BCUT2D eigenvalue weighted by atomic mass is 19.2. The van der Waals surface area contributed by atoms with Crippen molar-refractivity contribution in [1.29, 1.82) is 0 Å². The maximum atomic E-state index is 13.9. The molecule has 1 aromatic heterocycles. The first-order chi connectivity index (χ1) is 15.7. The minimum absolute atomic E-state index is 0.0800. The van der Waals surface area contributed by atoms with E-state index in [4.69, 9.17) is 5.73 Å². The number of benzene rings is 2. The highest BCUT2D eigenvalue weighted by Gasteiger charge is 2.40. The van der Waals surface area contributed by atoms with Crippen LogP contribution >= 0.6 is 0 Å².